The Morgan fingerprint density at radius 2 is 2.05 bits per heavy atom. The summed E-state index contributed by atoms with van der Waals surface area (Å²) in [6, 6.07) is -1.01. The summed E-state index contributed by atoms with van der Waals surface area (Å²) >= 11 is 0. The van der Waals surface area contributed by atoms with Gasteiger partial charge in [-0.1, -0.05) is 13.8 Å². The van der Waals surface area contributed by atoms with E-state index in [0.717, 1.165) is 28.4 Å². The number of aliphatic carboxylic acids is 1. The zero-order valence-electron chi connectivity index (χ0n) is 13.0. The van der Waals surface area contributed by atoms with Gasteiger partial charge in [-0.15, -0.1) is 0 Å². The van der Waals surface area contributed by atoms with Gasteiger partial charge in [0.25, 0.3) is 10.0 Å². The number of carboxylic acid groups (broad SMARTS) is 1. The van der Waals surface area contributed by atoms with Gasteiger partial charge in [0.2, 0.25) is 0 Å². The minimum atomic E-state index is -3.86. The van der Waals surface area contributed by atoms with Crippen LogP contribution in [-0.4, -0.2) is 46.2 Å². The van der Waals surface area contributed by atoms with Crippen LogP contribution in [0.15, 0.2) is 5.03 Å². The lowest BCUT2D eigenvalue weighted by atomic mass is 9.91. The Hall–Kier alpha value is -1.41. The molecule has 1 unspecified atom stereocenters. The highest BCUT2D eigenvalue weighted by Gasteiger charge is 2.49. The van der Waals surface area contributed by atoms with Gasteiger partial charge in [-0.25, -0.2) is 8.42 Å². The van der Waals surface area contributed by atoms with E-state index in [2.05, 4.69) is 5.10 Å². The van der Waals surface area contributed by atoms with Crippen molar-refractivity contribution in [3.05, 3.63) is 11.3 Å². The molecule has 0 radical (unpaired) electrons. The summed E-state index contributed by atoms with van der Waals surface area (Å²) in [5.41, 5.74) is 1.24. The van der Waals surface area contributed by atoms with Gasteiger partial charge < -0.3 is 5.11 Å². The SMILES string of the molecule is Cn1nc2c(c1S(=O)(=O)N1CC(C)(C)CC1C(=O)O)CCC2. The minimum absolute atomic E-state index is 0.170. The maximum atomic E-state index is 13.1. The molecule has 1 saturated heterocycles. The summed E-state index contributed by atoms with van der Waals surface area (Å²) in [6.45, 7) is 4.00. The maximum absolute atomic E-state index is 13.1. The van der Waals surface area contributed by atoms with E-state index < -0.39 is 22.0 Å². The molecule has 1 N–H and O–H groups in total. The molecule has 2 aliphatic rings. The maximum Gasteiger partial charge on any atom is 0.322 e. The first kappa shape index (κ1) is 15.5. The molecular formula is C14H21N3O4S. The fraction of sp³-hybridized carbons (Fsp3) is 0.714. The molecule has 0 aromatic carbocycles. The Kier molecular flexibility index (Phi) is 3.37. The zero-order valence-corrected chi connectivity index (χ0v) is 13.9. The topological polar surface area (TPSA) is 92.5 Å². The van der Waals surface area contributed by atoms with Crippen molar-refractivity contribution >= 4 is 16.0 Å². The molecule has 0 bridgehead atoms. The van der Waals surface area contributed by atoms with Gasteiger partial charge in [0.15, 0.2) is 5.03 Å². The van der Waals surface area contributed by atoms with E-state index in [4.69, 9.17) is 0 Å². The van der Waals surface area contributed by atoms with Crippen molar-refractivity contribution in [3.63, 3.8) is 0 Å². The third-order valence-electron chi connectivity index (χ3n) is 4.53. The summed E-state index contributed by atoms with van der Waals surface area (Å²) in [7, 11) is -2.25. The smallest absolute Gasteiger partial charge is 0.322 e. The van der Waals surface area contributed by atoms with Crippen LogP contribution in [-0.2, 0) is 34.7 Å². The first-order valence-corrected chi connectivity index (χ1v) is 8.87. The van der Waals surface area contributed by atoms with Gasteiger partial charge >= 0.3 is 5.97 Å². The standard InChI is InChI=1S/C14H21N3O4S/c1-14(2)7-11(13(18)19)17(8-14)22(20,21)12-9-5-4-6-10(9)15-16(12)3/h11H,4-8H2,1-3H3,(H,18,19). The molecular weight excluding hydrogens is 306 g/mol. The highest BCUT2D eigenvalue weighted by atomic mass is 32.2. The van der Waals surface area contributed by atoms with Crippen LogP contribution in [0.3, 0.4) is 0 Å². The summed E-state index contributed by atoms with van der Waals surface area (Å²) in [6.07, 6.45) is 2.69. The predicted molar refractivity (Wildman–Crippen MR) is 78.9 cm³/mol. The second-order valence-electron chi connectivity index (χ2n) is 6.98. The van der Waals surface area contributed by atoms with Crippen LogP contribution >= 0.6 is 0 Å². The first-order valence-electron chi connectivity index (χ1n) is 7.43. The van der Waals surface area contributed by atoms with Gasteiger partial charge in [-0.05, 0) is 31.1 Å². The quantitative estimate of drug-likeness (QED) is 0.886. The monoisotopic (exact) mass is 327 g/mol. The zero-order chi connectivity index (χ0) is 16.3. The molecule has 1 aromatic rings. The minimum Gasteiger partial charge on any atom is -0.480 e. The average Bonchev–Trinajstić information content (AvgIpc) is 3.00. The number of aromatic nitrogens is 2. The van der Waals surface area contributed by atoms with Gasteiger partial charge in [0, 0.05) is 19.2 Å². The molecule has 8 heteroatoms. The van der Waals surface area contributed by atoms with Crippen molar-refractivity contribution in [2.75, 3.05) is 6.54 Å². The van der Waals surface area contributed by atoms with Gasteiger partial charge in [-0.2, -0.15) is 9.40 Å². The van der Waals surface area contributed by atoms with Gasteiger partial charge in [0.1, 0.15) is 6.04 Å². The number of nitrogens with zero attached hydrogens (tertiary/aromatic N) is 3. The molecule has 1 aliphatic carbocycles. The molecule has 1 aromatic heterocycles. The van der Waals surface area contributed by atoms with Crippen molar-refractivity contribution < 1.29 is 18.3 Å². The summed E-state index contributed by atoms with van der Waals surface area (Å²) in [5, 5.41) is 13.9. The largest absolute Gasteiger partial charge is 0.480 e. The van der Waals surface area contributed by atoms with Gasteiger partial charge in [0.05, 0.1) is 5.69 Å². The number of aryl methyl sites for hydroxylation is 2. The lowest BCUT2D eigenvalue weighted by molar-refractivity contribution is -0.140. The van der Waals surface area contributed by atoms with E-state index >= 15 is 0 Å². The number of hydrogen-bond acceptors (Lipinski definition) is 4. The number of hydrogen-bond donors (Lipinski definition) is 1. The van der Waals surface area contributed by atoms with E-state index in [-0.39, 0.29) is 17.0 Å². The molecule has 122 valence electrons. The highest BCUT2D eigenvalue weighted by molar-refractivity contribution is 7.89. The van der Waals surface area contributed by atoms with Crippen LogP contribution in [0.25, 0.3) is 0 Å². The molecule has 0 saturated carbocycles. The Morgan fingerprint density at radius 3 is 2.68 bits per heavy atom. The second-order valence-corrected chi connectivity index (χ2v) is 8.79. The Labute approximate surface area is 130 Å². The highest BCUT2D eigenvalue weighted by Crippen LogP contribution is 2.39. The summed E-state index contributed by atoms with van der Waals surface area (Å²) in [5.74, 6) is -1.09. The number of rotatable bonds is 3. The first-order chi connectivity index (χ1) is 10.1. The van der Waals surface area contributed by atoms with Crippen molar-refractivity contribution in [1.29, 1.82) is 0 Å². The number of carbonyl (C=O) groups is 1. The fourth-order valence-corrected chi connectivity index (χ4v) is 5.76. The molecule has 0 amide bonds. The van der Waals surface area contributed by atoms with Crippen molar-refractivity contribution in [2.24, 2.45) is 12.5 Å². The van der Waals surface area contributed by atoms with Gasteiger partial charge in [-0.3, -0.25) is 9.48 Å². The molecule has 3 rings (SSSR count). The van der Waals surface area contributed by atoms with Crippen LogP contribution in [0.1, 0.15) is 37.9 Å². The predicted octanol–water partition coefficient (Wildman–Crippen LogP) is 0.783. The Bertz CT molecular complexity index is 736. The lowest BCUT2D eigenvalue weighted by Crippen LogP contribution is -2.41. The van der Waals surface area contributed by atoms with Crippen molar-refractivity contribution in [1.82, 2.24) is 14.1 Å². The molecule has 22 heavy (non-hydrogen) atoms. The van der Waals surface area contributed by atoms with E-state index in [1.165, 1.54) is 4.68 Å². The molecule has 7 nitrogen and oxygen atoms in total. The normalized spacial score (nSPS) is 24.6. The molecule has 1 fully saturated rings. The van der Waals surface area contributed by atoms with Crippen LogP contribution in [0.5, 0.6) is 0 Å². The average molecular weight is 327 g/mol. The molecule has 2 heterocycles. The fourth-order valence-electron chi connectivity index (χ4n) is 3.61. The molecule has 1 atom stereocenters. The van der Waals surface area contributed by atoms with Crippen LogP contribution in [0.4, 0.5) is 0 Å². The Balaban J connectivity index is 2.08. The lowest BCUT2D eigenvalue weighted by Gasteiger charge is -2.22. The van der Waals surface area contributed by atoms with E-state index in [0.29, 0.717) is 12.8 Å². The van der Waals surface area contributed by atoms with Crippen LogP contribution in [0.2, 0.25) is 0 Å². The summed E-state index contributed by atoms with van der Waals surface area (Å²) < 4.78 is 28.7. The second kappa shape index (κ2) is 4.79. The molecule has 0 spiro atoms. The number of sulfonamides is 1. The third-order valence-corrected chi connectivity index (χ3v) is 6.53. The summed E-state index contributed by atoms with van der Waals surface area (Å²) in [4.78, 5) is 11.5. The Morgan fingerprint density at radius 1 is 1.36 bits per heavy atom. The van der Waals surface area contributed by atoms with E-state index in [9.17, 15) is 18.3 Å². The number of carboxylic acids is 1. The van der Waals surface area contributed by atoms with Crippen molar-refractivity contribution in [2.45, 2.75) is 50.6 Å². The molecule has 1 aliphatic heterocycles. The van der Waals surface area contributed by atoms with E-state index in [1.54, 1.807) is 7.05 Å². The van der Waals surface area contributed by atoms with Crippen LogP contribution < -0.4 is 0 Å². The van der Waals surface area contributed by atoms with Crippen LogP contribution in [0, 0.1) is 5.41 Å². The van der Waals surface area contributed by atoms with E-state index in [1.807, 2.05) is 13.8 Å². The van der Waals surface area contributed by atoms with Crippen molar-refractivity contribution in [3.8, 4) is 0 Å². The number of fused-ring (bicyclic) bond motifs is 1. The third kappa shape index (κ3) is 2.25.